The zero-order valence-corrected chi connectivity index (χ0v) is 20.0. The summed E-state index contributed by atoms with van der Waals surface area (Å²) in [5.41, 5.74) is 0.612. The van der Waals surface area contributed by atoms with Gasteiger partial charge in [-0.1, -0.05) is 19.3 Å². The third-order valence-electron chi connectivity index (χ3n) is 6.70. The van der Waals surface area contributed by atoms with E-state index in [1.165, 1.54) is 25.3 Å². The standard InChI is InChI=1S/C23H33N3O6S/c1-26-19-10-9-17(13-22(27)24-15-6-4-3-5-7-15)32-21(19)14-31-20-11-8-16(25-33(2,29)30)12-18(20)23(26)28/h8,11-12,15,17,19,21,25H,3-7,9-10,13-14H2,1-2H3,(H,24,27)/t17-,19+,21+/m0/s1. The Morgan fingerprint density at radius 1 is 1.15 bits per heavy atom. The summed E-state index contributed by atoms with van der Waals surface area (Å²) in [5.74, 6) is 0.150. The van der Waals surface area contributed by atoms with Gasteiger partial charge in [0.2, 0.25) is 15.9 Å². The molecule has 0 radical (unpaired) electrons. The molecule has 33 heavy (non-hydrogen) atoms. The fraction of sp³-hybridized carbons (Fsp3) is 0.652. The Morgan fingerprint density at radius 2 is 1.91 bits per heavy atom. The van der Waals surface area contributed by atoms with Crippen LogP contribution in [0.4, 0.5) is 5.69 Å². The number of sulfonamides is 1. The summed E-state index contributed by atoms with van der Waals surface area (Å²) < 4.78 is 37.7. The smallest absolute Gasteiger partial charge is 0.257 e. The van der Waals surface area contributed by atoms with Crippen molar-refractivity contribution in [3.63, 3.8) is 0 Å². The topological polar surface area (TPSA) is 114 Å². The van der Waals surface area contributed by atoms with Gasteiger partial charge in [0.1, 0.15) is 18.5 Å². The monoisotopic (exact) mass is 479 g/mol. The van der Waals surface area contributed by atoms with E-state index in [1.54, 1.807) is 24.1 Å². The molecule has 4 rings (SSSR count). The number of nitrogens with one attached hydrogen (secondary N) is 2. The van der Waals surface area contributed by atoms with Crippen LogP contribution in [0.1, 0.15) is 61.7 Å². The molecule has 0 unspecified atom stereocenters. The van der Waals surface area contributed by atoms with Crippen molar-refractivity contribution < 1.29 is 27.5 Å². The van der Waals surface area contributed by atoms with E-state index in [-0.39, 0.29) is 42.7 Å². The van der Waals surface area contributed by atoms with Crippen LogP contribution in [0.2, 0.25) is 0 Å². The highest BCUT2D eigenvalue weighted by atomic mass is 32.2. The van der Waals surface area contributed by atoms with Crippen LogP contribution in [-0.4, -0.2) is 69.3 Å². The van der Waals surface area contributed by atoms with Gasteiger partial charge in [-0.15, -0.1) is 0 Å². The number of hydrogen-bond donors (Lipinski definition) is 2. The van der Waals surface area contributed by atoms with E-state index in [1.807, 2.05) is 0 Å². The van der Waals surface area contributed by atoms with E-state index in [4.69, 9.17) is 9.47 Å². The van der Waals surface area contributed by atoms with Crippen LogP contribution in [0.3, 0.4) is 0 Å². The first-order chi connectivity index (χ1) is 15.7. The maximum atomic E-state index is 13.2. The minimum Gasteiger partial charge on any atom is -0.490 e. The molecular weight excluding hydrogens is 446 g/mol. The number of carbonyl (C=O) groups is 2. The van der Waals surface area contributed by atoms with Crippen molar-refractivity contribution >= 4 is 27.5 Å². The SMILES string of the molecule is CN1C(=O)c2cc(NS(C)(=O)=O)ccc2OC[C@H]2O[C@H](CC(=O)NC3CCCCC3)CC[C@H]21. The minimum atomic E-state index is -3.46. The molecule has 1 aromatic carbocycles. The van der Waals surface area contributed by atoms with Crippen LogP contribution in [0, 0.1) is 0 Å². The highest BCUT2D eigenvalue weighted by Crippen LogP contribution is 2.32. The third kappa shape index (κ3) is 5.97. The van der Waals surface area contributed by atoms with E-state index in [2.05, 4.69) is 10.0 Å². The van der Waals surface area contributed by atoms with Crippen molar-refractivity contribution in [2.75, 3.05) is 24.6 Å². The molecule has 2 amide bonds. The molecular formula is C23H33N3O6S. The predicted octanol–water partition coefficient (Wildman–Crippen LogP) is 2.28. The lowest BCUT2D eigenvalue weighted by atomic mass is 9.93. The van der Waals surface area contributed by atoms with E-state index in [0.29, 0.717) is 36.3 Å². The van der Waals surface area contributed by atoms with E-state index < -0.39 is 10.0 Å². The van der Waals surface area contributed by atoms with Gasteiger partial charge in [-0.25, -0.2) is 8.42 Å². The minimum absolute atomic E-state index is 0.0257. The first kappa shape index (κ1) is 23.8. The number of benzene rings is 1. The van der Waals surface area contributed by atoms with Gasteiger partial charge in [0.15, 0.2) is 0 Å². The van der Waals surface area contributed by atoms with Gasteiger partial charge in [0.25, 0.3) is 5.91 Å². The van der Waals surface area contributed by atoms with Gasteiger partial charge >= 0.3 is 0 Å². The van der Waals surface area contributed by atoms with Crippen LogP contribution < -0.4 is 14.8 Å². The van der Waals surface area contributed by atoms with E-state index in [9.17, 15) is 18.0 Å². The Morgan fingerprint density at radius 3 is 2.64 bits per heavy atom. The molecule has 0 bridgehead atoms. The second-order valence-electron chi connectivity index (χ2n) is 9.36. The van der Waals surface area contributed by atoms with Gasteiger partial charge in [0, 0.05) is 18.8 Å². The quantitative estimate of drug-likeness (QED) is 0.670. The molecule has 3 aliphatic rings. The predicted molar refractivity (Wildman–Crippen MR) is 124 cm³/mol. The zero-order valence-electron chi connectivity index (χ0n) is 19.2. The van der Waals surface area contributed by atoms with Gasteiger partial charge in [-0.3, -0.25) is 14.3 Å². The average molecular weight is 480 g/mol. The zero-order chi connectivity index (χ0) is 23.6. The number of likely N-dealkylation sites (N-methyl/N-ethyl adjacent to an activating group) is 1. The fourth-order valence-electron chi connectivity index (χ4n) is 5.05. The van der Waals surface area contributed by atoms with Crippen LogP contribution in [0.15, 0.2) is 18.2 Å². The molecule has 1 aromatic rings. The third-order valence-corrected chi connectivity index (χ3v) is 7.30. The Balaban J connectivity index is 1.42. The second-order valence-corrected chi connectivity index (χ2v) is 11.1. The Labute approximate surface area is 195 Å². The number of hydrogen-bond acceptors (Lipinski definition) is 6. The fourth-order valence-corrected chi connectivity index (χ4v) is 5.60. The van der Waals surface area contributed by atoms with Gasteiger partial charge < -0.3 is 19.7 Å². The van der Waals surface area contributed by atoms with Crippen molar-refractivity contribution in [3.05, 3.63) is 23.8 Å². The summed E-state index contributed by atoms with van der Waals surface area (Å²) in [6, 6.07) is 4.74. The summed E-state index contributed by atoms with van der Waals surface area (Å²) in [7, 11) is -1.74. The molecule has 2 fully saturated rings. The number of carbonyl (C=O) groups excluding carboxylic acids is 2. The second kappa shape index (κ2) is 9.89. The lowest BCUT2D eigenvalue weighted by Crippen LogP contribution is -2.54. The molecule has 2 heterocycles. The maximum Gasteiger partial charge on any atom is 0.257 e. The highest BCUT2D eigenvalue weighted by molar-refractivity contribution is 7.92. The highest BCUT2D eigenvalue weighted by Gasteiger charge is 2.39. The molecule has 9 nitrogen and oxygen atoms in total. The number of fused-ring (bicyclic) bond motifs is 2. The number of anilines is 1. The number of amides is 2. The Kier molecular flexibility index (Phi) is 7.13. The molecule has 2 aliphatic heterocycles. The van der Waals surface area contributed by atoms with Gasteiger partial charge in [-0.05, 0) is 43.9 Å². The molecule has 10 heteroatoms. The Bertz CT molecular complexity index is 992. The van der Waals surface area contributed by atoms with Crippen molar-refractivity contribution in [3.8, 4) is 5.75 Å². The number of nitrogens with zero attached hydrogens (tertiary/aromatic N) is 1. The molecule has 182 valence electrons. The van der Waals surface area contributed by atoms with Crippen molar-refractivity contribution in [2.45, 2.75) is 75.7 Å². The normalized spacial score (nSPS) is 26.3. The largest absolute Gasteiger partial charge is 0.490 e. The Hall–Kier alpha value is -2.33. The molecule has 2 N–H and O–H groups in total. The molecule has 1 saturated heterocycles. The van der Waals surface area contributed by atoms with Crippen LogP contribution in [0.25, 0.3) is 0 Å². The molecule has 1 aliphatic carbocycles. The van der Waals surface area contributed by atoms with Gasteiger partial charge in [-0.2, -0.15) is 0 Å². The summed E-state index contributed by atoms with van der Waals surface area (Å²) >= 11 is 0. The van der Waals surface area contributed by atoms with Crippen LogP contribution in [0.5, 0.6) is 5.75 Å². The molecule has 0 spiro atoms. The van der Waals surface area contributed by atoms with Crippen molar-refractivity contribution in [1.29, 1.82) is 0 Å². The first-order valence-electron chi connectivity index (χ1n) is 11.7. The molecule has 0 aromatic heterocycles. The summed E-state index contributed by atoms with van der Waals surface area (Å²) in [4.78, 5) is 27.4. The lowest BCUT2D eigenvalue weighted by Gasteiger charge is -2.42. The van der Waals surface area contributed by atoms with Crippen molar-refractivity contribution in [2.24, 2.45) is 0 Å². The summed E-state index contributed by atoms with van der Waals surface area (Å²) in [6.07, 6.45) is 7.87. The summed E-state index contributed by atoms with van der Waals surface area (Å²) in [5, 5.41) is 3.15. The van der Waals surface area contributed by atoms with Gasteiger partial charge in [0.05, 0.1) is 30.4 Å². The van der Waals surface area contributed by atoms with Crippen LogP contribution >= 0.6 is 0 Å². The maximum absolute atomic E-state index is 13.2. The average Bonchev–Trinajstić information content (AvgIpc) is 2.76. The lowest BCUT2D eigenvalue weighted by molar-refractivity contribution is -0.134. The molecule has 3 atom stereocenters. The number of ether oxygens (including phenoxy) is 2. The molecule has 1 saturated carbocycles. The van der Waals surface area contributed by atoms with E-state index >= 15 is 0 Å². The van der Waals surface area contributed by atoms with Crippen LogP contribution in [-0.2, 0) is 19.6 Å². The first-order valence-corrected chi connectivity index (χ1v) is 13.6. The van der Waals surface area contributed by atoms with Crippen molar-refractivity contribution in [1.82, 2.24) is 10.2 Å². The van der Waals surface area contributed by atoms with E-state index in [0.717, 1.165) is 19.1 Å². The number of rotatable bonds is 5. The summed E-state index contributed by atoms with van der Waals surface area (Å²) in [6.45, 7) is 0.245.